The molecular weight excluding hydrogens is 709 g/mol. The smallest absolute Gasteiger partial charge is 0.162 e. The Kier molecular flexibility index (Phi) is 6.31. The van der Waals surface area contributed by atoms with Crippen molar-refractivity contribution in [1.82, 2.24) is 14.5 Å². The molecule has 1 atom stereocenters. The highest BCUT2D eigenvalue weighted by Crippen LogP contribution is 2.65. The molecule has 0 bridgehead atoms. The maximum Gasteiger partial charge on any atom is 0.162 e. The van der Waals surface area contributed by atoms with Gasteiger partial charge in [0.25, 0.3) is 0 Å². The van der Waals surface area contributed by atoms with Gasteiger partial charge in [0.05, 0.1) is 39.2 Å². The van der Waals surface area contributed by atoms with E-state index in [4.69, 9.17) is 14.7 Å². The fourth-order valence-electron chi connectivity index (χ4n) is 10.1. The molecular formula is C53H32N4O. The van der Waals surface area contributed by atoms with Gasteiger partial charge in [0.1, 0.15) is 5.82 Å². The average molecular weight is 741 g/mol. The Morgan fingerprint density at radius 2 is 1.14 bits per heavy atom. The van der Waals surface area contributed by atoms with Crippen LogP contribution in [0.25, 0.3) is 61.3 Å². The third-order valence-corrected chi connectivity index (χ3v) is 12.4. The van der Waals surface area contributed by atoms with Crippen molar-refractivity contribution in [2.75, 3.05) is 4.90 Å². The van der Waals surface area contributed by atoms with E-state index in [0.29, 0.717) is 5.82 Å². The van der Waals surface area contributed by atoms with Crippen LogP contribution < -0.4 is 9.64 Å². The maximum atomic E-state index is 7.18. The topological polar surface area (TPSA) is 43.2 Å². The van der Waals surface area contributed by atoms with E-state index in [1.807, 2.05) is 30.3 Å². The predicted molar refractivity (Wildman–Crippen MR) is 233 cm³/mol. The molecule has 270 valence electrons. The van der Waals surface area contributed by atoms with Crippen LogP contribution in [0.3, 0.4) is 0 Å². The summed E-state index contributed by atoms with van der Waals surface area (Å²) in [6.07, 6.45) is 0. The lowest BCUT2D eigenvalue weighted by atomic mass is 9.65. The van der Waals surface area contributed by atoms with Gasteiger partial charge in [-0.15, -0.1) is 0 Å². The Balaban J connectivity index is 1.12. The zero-order chi connectivity index (χ0) is 38.0. The molecule has 0 saturated carbocycles. The van der Waals surface area contributed by atoms with E-state index < -0.39 is 5.41 Å². The molecule has 1 aliphatic carbocycles. The highest BCUT2D eigenvalue weighted by atomic mass is 16.5. The zero-order valence-electron chi connectivity index (χ0n) is 31.2. The van der Waals surface area contributed by atoms with Crippen LogP contribution in [0, 0.1) is 0 Å². The fourth-order valence-corrected chi connectivity index (χ4v) is 10.1. The average Bonchev–Trinajstić information content (AvgIpc) is 3.79. The van der Waals surface area contributed by atoms with Crippen molar-refractivity contribution in [3.05, 3.63) is 216 Å². The fraction of sp³-hybridized carbons (Fsp3) is 0.0189. The SMILES string of the molecule is c1ccc(-c2cc(N3c4ccccc4Oc4c3ccc3c4-c4ccccc4C34c3ccccc3-n3c5ccccc5c5cccc4c53)nc(-c3ccccc3)n2)cc1. The molecule has 2 aromatic heterocycles. The van der Waals surface area contributed by atoms with Crippen LogP contribution in [0.15, 0.2) is 194 Å². The lowest BCUT2D eigenvalue weighted by molar-refractivity contribution is 0.478. The second-order valence-electron chi connectivity index (χ2n) is 15.3. The van der Waals surface area contributed by atoms with E-state index >= 15 is 0 Å². The molecule has 2 aliphatic heterocycles. The van der Waals surface area contributed by atoms with E-state index in [2.05, 4.69) is 173 Å². The first kappa shape index (κ1) is 31.4. The van der Waals surface area contributed by atoms with Gasteiger partial charge in [0, 0.05) is 33.5 Å². The minimum atomic E-state index is -0.595. The van der Waals surface area contributed by atoms with Gasteiger partial charge in [-0.05, 0) is 58.1 Å². The summed E-state index contributed by atoms with van der Waals surface area (Å²) in [6, 6.07) is 69.2. The number of aromatic nitrogens is 3. The summed E-state index contributed by atoms with van der Waals surface area (Å²) in [7, 11) is 0. The van der Waals surface area contributed by atoms with Crippen LogP contribution in [0.1, 0.15) is 22.3 Å². The minimum Gasteiger partial charge on any atom is -0.452 e. The highest BCUT2D eigenvalue weighted by molar-refractivity contribution is 6.13. The second-order valence-corrected chi connectivity index (χ2v) is 15.3. The number of rotatable bonds is 3. The van der Waals surface area contributed by atoms with Crippen molar-refractivity contribution >= 4 is 39.0 Å². The number of nitrogens with zero attached hydrogens (tertiary/aromatic N) is 4. The van der Waals surface area contributed by atoms with Gasteiger partial charge in [-0.25, -0.2) is 9.97 Å². The molecule has 10 aromatic rings. The number of para-hydroxylation sites is 5. The Morgan fingerprint density at radius 3 is 2.00 bits per heavy atom. The van der Waals surface area contributed by atoms with Gasteiger partial charge in [0.2, 0.25) is 0 Å². The van der Waals surface area contributed by atoms with Crippen LogP contribution in [-0.4, -0.2) is 14.5 Å². The summed E-state index contributed by atoms with van der Waals surface area (Å²) in [4.78, 5) is 12.7. The number of benzene rings is 8. The summed E-state index contributed by atoms with van der Waals surface area (Å²) in [6.45, 7) is 0. The van der Waals surface area contributed by atoms with Crippen molar-refractivity contribution in [2.45, 2.75) is 5.41 Å². The first-order chi connectivity index (χ1) is 28.8. The molecule has 0 saturated heterocycles. The minimum absolute atomic E-state index is 0.595. The molecule has 0 amide bonds. The van der Waals surface area contributed by atoms with Crippen LogP contribution in [0.5, 0.6) is 11.5 Å². The summed E-state index contributed by atoms with van der Waals surface area (Å²) in [5.41, 5.74) is 15.0. The van der Waals surface area contributed by atoms with Crippen molar-refractivity contribution in [3.63, 3.8) is 0 Å². The standard InChI is InChI=1S/C53H32N4O/c1-3-16-33(17-4-1)42-32-48(55-52(54-42)34-18-5-2-6-19-34)56-45-28-13-14-29-47(45)58-51-46(56)31-30-40-49(51)37-21-7-9-23-38(37)53(40)39-24-10-12-27-44(39)57-43-26-11-8-20-35(43)36-22-15-25-41(53)50(36)57/h1-32H. The molecule has 3 aliphatic rings. The molecule has 0 N–H and O–H groups in total. The molecule has 5 nitrogen and oxygen atoms in total. The van der Waals surface area contributed by atoms with Crippen LogP contribution in [-0.2, 0) is 5.41 Å². The van der Waals surface area contributed by atoms with Crippen molar-refractivity contribution < 1.29 is 4.74 Å². The molecule has 13 rings (SSSR count). The zero-order valence-corrected chi connectivity index (χ0v) is 31.2. The third-order valence-electron chi connectivity index (χ3n) is 12.4. The Labute approximate surface area is 334 Å². The largest absolute Gasteiger partial charge is 0.452 e. The summed E-state index contributed by atoms with van der Waals surface area (Å²) >= 11 is 0. The number of anilines is 3. The highest BCUT2D eigenvalue weighted by Gasteiger charge is 2.52. The first-order valence-electron chi connectivity index (χ1n) is 19.8. The van der Waals surface area contributed by atoms with Gasteiger partial charge in [-0.3, -0.25) is 4.90 Å². The molecule has 5 heteroatoms. The second kappa shape index (κ2) is 11.6. The maximum absolute atomic E-state index is 7.18. The van der Waals surface area contributed by atoms with Crippen molar-refractivity contribution in [1.29, 1.82) is 0 Å². The lowest BCUT2D eigenvalue weighted by Gasteiger charge is -2.40. The van der Waals surface area contributed by atoms with E-state index in [9.17, 15) is 0 Å². The molecule has 8 aromatic carbocycles. The van der Waals surface area contributed by atoms with Gasteiger partial charge in [-0.1, -0.05) is 158 Å². The van der Waals surface area contributed by atoms with E-state index in [1.54, 1.807) is 0 Å². The van der Waals surface area contributed by atoms with Crippen molar-refractivity contribution in [2.24, 2.45) is 0 Å². The normalized spacial score (nSPS) is 15.4. The van der Waals surface area contributed by atoms with Gasteiger partial charge >= 0.3 is 0 Å². The Bertz CT molecular complexity index is 3280. The summed E-state index contributed by atoms with van der Waals surface area (Å²) in [5.74, 6) is 3.02. The summed E-state index contributed by atoms with van der Waals surface area (Å²) < 4.78 is 9.66. The number of ether oxygens (including phenoxy) is 1. The molecule has 58 heavy (non-hydrogen) atoms. The monoisotopic (exact) mass is 740 g/mol. The molecule has 1 unspecified atom stereocenters. The van der Waals surface area contributed by atoms with E-state index in [-0.39, 0.29) is 0 Å². The first-order valence-corrected chi connectivity index (χ1v) is 19.8. The molecule has 0 fully saturated rings. The number of fused-ring (bicyclic) bond motifs is 15. The van der Waals surface area contributed by atoms with Crippen LogP contribution in [0.4, 0.5) is 17.2 Å². The molecule has 1 spiro atoms. The Morgan fingerprint density at radius 1 is 0.466 bits per heavy atom. The van der Waals surface area contributed by atoms with Crippen LogP contribution >= 0.6 is 0 Å². The van der Waals surface area contributed by atoms with E-state index in [0.717, 1.165) is 51.1 Å². The van der Waals surface area contributed by atoms with Crippen molar-refractivity contribution in [3.8, 4) is 51.0 Å². The molecule has 4 heterocycles. The van der Waals surface area contributed by atoms with Gasteiger partial charge in [0.15, 0.2) is 17.3 Å². The third kappa shape index (κ3) is 4.04. The number of hydrogen-bond acceptors (Lipinski definition) is 4. The Hall–Kier alpha value is -7.76. The summed E-state index contributed by atoms with van der Waals surface area (Å²) in [5, 5.41) is 2.52. The quantitative estimate of drug-likeness (QED) is 0.181. The van der Waals surface area contributed by atoms with Gasteiger partial charge in [-0.2, -0.15) is 0 Å². The lowest BCUT2D eigenvalue weighted by Crippen LogP contribution is -2.33. The van der Waals surface area contributed by atoms with Gasteiger partial charge < -0.3 is 9.30 Å². The molecule has 0 radical (unpaired) electrons. The number of hydrogen-bond donors (Lipinski definition) is 0. The van der Waals surface area contributed by atoms with E-state index in [1.165, 1.54) is 55.3 Å². The predicted octanol–water partition coefficient (Wildman–Crippen LogP) is 13.2. The van der Waals surface area contributed by atoms with Crippen LogP contribution in [0.2, 0.25) is 0 Å².